The highest BCUT2D eigenvalue weighted by atomic mass is 16.5. The number of hydrogen-bond donors (Lipinski definition) is 3. The van der Waals surface area contributed by atoms with E-state index in [0.29, 0.717) is 36.5 Å². The van der Waals surface area contributed by atoms with Crippen LogP contribution in [0.25, 0.3) is 11.0 Å². The van der Waals surface area contributed by atoms with Gasteiger partial charge in [0.1, 0.15) is 6.04 Å². The second-order valence-corrected chi connectivity index (χ2v) is 7.56. The molecule has 148 valence electrons. The van der Waals surface area contributed by atoms with Gasteiger partial charge in [0, 0.05) is 24.6 Å². The van der Waals surface area contributed by atoms with E-state index in [9.17, 15) is 10.0 Å². The van der Waals surface area contributed by atoms with Crippen LogP contribution in [0.1, 0.15) is 30.3 Å². The second kappa shape index (κ2) is 7.54. The molecule has 3 N–H and O–H groups in total. The molecular weight excluding hydrogens is 368 g/mol. The molecule has 2 aromatic carbocycles. The molecule has 2 amide bonds. The van der Waals surface area contributed by atoms with Crippen LogP contribution in [0.5, 0.6) is 0 Å². The van der Waals surface area contributed by atoms with Gasteiger partial charge in [-0.1, -0.05) is 12.1 Å². The van der Waals surface area contributed by atoms with E-state index in [1.165, 1.54) is 0 Å². The number of carbonyl (C=O) groups excluding carboxylic acids is 1. The van der Waals surface area contributed by atoms with Gasteiger partial charge in [0.15, 0.2) is 5.82 Å². The summed E-state index contributed by atoms with van der Waals surface area (Å²) >= 11 is 0. The van der Waals surface area contributed by atoms with Crippen LogP contribution in [-0.2, 0) is 0 Å². The van der Waals surface area contributed by atoms with Crippen LogP contribution < -0.4 is 10.6 Å². The highest BCUT2D eigenvalue weighted by Gasteiger charge is 2.37. The number of piperidine rings is 1. The normalized spacial score (nSPS) is 24.0. The van der Waals surface area contributed by atoms with Gasteiger partial charge >= 0.3 is 6.03 Å². The number of aromatic nitrogens is 2. The molecule has 4 rings (SSSR count). The third kappa shape index (κ3) is 4.06. The Hall–Kier alpha value is -3.41. The van der Waals surface area contributed by atoms with Crippen LogP contribution in [0, 0.1) is 16.5 Å². The summed E-state index contributed by atoms with van der Waals surface area (Å²) < 4.78 is -0.421. The summed E-state index contributed by atoms with van der Waals surface area (Å²) in [6.45, 7) is 0.392. The summed E-state index contributed by atoms with van der Waals surface area (Å²) in [7, 11) is 1.66. The Morgan fingerprint density at radius 3 is 2.76 bits per heavy atom. The first-order valence-electron chi connectivity index (χ1n) is 9.53. The quantitative estimate of drug-likeness (QED) is 0.469. The molecule has 0 radical (unpaired) electrons. The zero-order valence-corrected chi connectivity index (χ0v) is 16.1. The molecule has 29 heavy (non-hydrogen) atoms. The molecule has 8 nitrogen and oxygen atoms in total. The van der Waals surface area contributed by atoms with Crippen LogP contribution in [0.4, 0.5) is 10.5 Å². The maximum Gasteiger partial charge on any atom is 0.319 e. The van der Waals surface area contributed by atoms with Gasteiger partial charge in [-0.2, -0.15) is 5.26 Å². The number of benzene rings is 2. The number of rotatable bonds is 3. The van der Waals surface area contributed by atoms with Gasteiger partial charge in [-0.3, -0.25) is 0 Å². The molecular formula is C21H22N6O2. The molecule has 1 aliphatic rings. The number of hydrogen-bond acceptors (Lipinski definition) is 4. The van der Waals surface area contributed by atoms with Gasteiger partial charge in [0.05, 0.1) is 36.3 Å². The van der Waals surface area contributed by atoms with Crippen LogP contribution >= 0.6 is 0 Å². The number of anilines is 1. The van der Waals surface area contributed by atoms with Crippen molar-refractivity contribution >= 4 is 22.8 Å². The standard InChI is InChI=1S/C21H22N6O2/c1-27(29)11-10-16(24-21(28)23-15-8-6-14(13-22)7-9-15)12-19(27)20-25-17-4-2-3-5-18(17)26-20/h2-9,16,19H,10-12H2,1H3,(H,25,26)(H2,23,24,28)/t16-,19-,27?/m1/s1. The lowest BCUT2D eigenvalue weighted by atomic mass is 9.96. The monoisotopic (exact) mass is 390 g/mol. The lowest BCUT2D eigenvalue weighted by Gasteiger charge is -2.49. The molecule has 1 aromatic heterocycles. The summed E-state index contributed by atoms with van der Waals surface area (Å²) in [5, 5.41) is 27.6. The number of nitrogens with zero attached hydrogens (tertiary/aromatic N) is 3. The van der Waals surface area contributed by atoms with Gasteiger partial charge in [-0.25, -0.2) is 9.78 Å². The predicted molar refractivity (Wildman–Crippen MR) is 110 cm³/mol. The maximum absolute atomic E-state index is 13.0. The zero-order chi connectivity index (χ0) is 20.4. The van der Waals surface area contributed by atoms with E-state index in [1.54, 1.807) is 31.3 Å². The Labute approximate surface area is 168 Å². The van der Waals surface area contributed by atoms with Crippen molar-refractivity contribution in [3.8, 4) is 6.07 Å². The first kappa shape index (κ1) is 18.9. The number of nitriles is 1. The van der Waals surface area contributed by atoms with E-state index in [-0.39, 0.29) is 18.1 Å². The molecule has 0 spiro atoms. The number of aromatic amines is 1. The fourth-order valence-corrected chi connectivity index (χ4v) is 3.79. The zero-order valence-electron chi connectivity index (χ0n) is 16.1. The predicted octanol–water partition coefficient (Wildman–Crippen LogP) is 3.40. The first-order valence-corrected chi connectivity index (χ1v) is 9.53. The highest BCUT2D eigenvalue weighted by molar-refractivity contribution is 5.89. The minimum absolute atomic E-state index is 0.133. The van der Waals surface area contributed by atoms with Crippen LogP contribution in [0.15, 0.2) is 48.5 Å². The third-order valence-corrected chi connectivity index (χ3v) is 5.42. The van der Waals surface area contributed by atoms with Gasteiger partial charge in [-0.05, 0) is 36.4 Å². The summed E-state index contributed by atoms with van der Waals surface area (Å²) in [5.41, 5.74) is 2.87. The van der Waals surface area contributed by atoms with Crippen molar-refractivity contribution in [1.29, 1.82) is 5.26 Å². The SMILES string of the molecule is C[N+]1([O-])CC[C@@H](NC(=O)Nc2ccc(C#N)cc2)C[C@@H]1c1nc2ccccc2[nH]1. The number of H-pyrrole nitrogens is 1. The van der Waals surface area contributed by atoms with Crippen molar-refractivity contribution in [1.82, 2.24) is 15.3 Å². The van der Waals surface area contributed by atoms with Crippen LogP contribution in [0.3, 0.4) is 0 Å². The Balaban J connectivity index is 1.45. The number of para-hydroxylation sites is 2. The van der Waals surface area contributed by atoms with Crippen molar-refractivity contribution in [3.05, 3.63) is 65.1 Å². The van der Waals surface area contributed by atoms with E-state index in [0.717, 1.165) is 11.0 Å². The molecule has 0 bridgehead atoms. The molecule has 0 aliphatic carbocycles. The minimum atomic E-state index is -0.421. The number of urea groups is 1. The number of amides is 2. The molecule has 8 heteroatoms. The van der Waals surface area contributed by atoms with E-state index in [4.69, 9.17) is 5.26 Å². The van der Waals surface area contributed by atoms with Crippen molar-refractivity contribution in [2.45, 2.75) is 24.9 Å². The topological polar surface area (TPSA) is 117 Å². The molecule has 2 heterocycles. The number of fused-ring (bicyclic) bond motifs is 1. The number of quaternary nitrogens is 1. The Bertz CT molecular complexity index is 1030. The number of imidazole rings is 1. The van der Waals surface area contributed by atoms with Gasteiger partial charge in [-0.15, -0.1) is 0 Å². The van der Waals surface area contributed by atoms with E-state index >= 15 is 0 Å². The summed E-state index contributed by atoms with van der Waals surface area (Å²) in [6.07, 6.45) is 1.10. The summed E-state index contributed by atoms with van der Waals surface area (Å²) in [4.78, 5) is 20.3. The number of carbonyl (C=O) groups is 1. The van der Waals surface area contributed by atoms with Crippen molar-refractivity contribution < 1.29 is 9.44 Å². The Morgan fingerprint density at radius 2 is 2.03 bits per heavy atom. The summed E-state index contributed by atoms with van der Waals surface area (Å²) in [6, 6.07) is 15.5. The van der Waals surface area contributed by atoms with Gasteiger partial charge in [0.25, 0.3) is 0 Å². The fraction of sp³-hybridized carbons (Fsp3) is 0.286. The number of nitrogens with one attached hydrogen (secondary N) is 3. The highest BCUT2D eigenvalue weighted by Crippen LogP contribution is 2.35. The van der Waals surface area contributed by atoms with Gasteiger partial charge < -0.3 is 25.5 Å². The van der Waals surface area contributed by atoms with Crippen molar-refractivity contribution in [2.75, 3.05) is 18.9 Å². The molecule has 1 unspecified atom stereocenters. The average molecular weight is 390 g/mol. The largest absolute Gasteiger partial charge is 0.632 e. The number of likely N-dealkylation sites (tertiary alicyclic amines) is 1. The van der Waals surface area contributed by atoms with E-state index < -0.39 is 4.65 Å². The smallest absolute Gasteiger partial charge is 0.319 e. The minimum Gasteiger partial charge on any atom is -0.632 e. The molecule has 1 aliphatic heterocycles. The lowest BCUT2D eigenvalue weighted by molar-refractivity contribution is -0.899. The fourth-order valence-electron chi connectivity index (χ4n) is 3.79. The third-order valence-electron chi connectivity index (χ3n) is 5.42. The van der Waals surface area contributed by atoms with Crippen molar-refractivity contribution in [2.24, 2.45) is 0 Å². The molecule has 0 saturated carbocycles. The molecule has 3 aromatic rings. The second-order valence-electron chi connectivity index (χ2n) is 7.56. The van der Waals surface area contributed by atoms with E-state index in [2.05, 4.69) is 20.6 Å². The molecule has 1 fully saturated rings. The lowest BCUT2D eigenvalue weighted by Crippen LogP contribution is -2.53. The first-order chi connectivity index (χ1) is 13.9. The Morgan fingerprint density at radius 1 is 1.28 bits per heavy atom. The maximum atomic E-state index is 13.0. The average Bonchev–Trinajstić information content (AvgIpc) is 3.13. The van der Waals surface area contributed by atoms with E-state index in [1.807, 2.05) is 30.3 Å². The summed E-state index contributed by atoms with van der Waals surface area (Å²) in [5.74, 6) is 0.655. The molecule has 3 atom stereocenters. The number of hydroxylamine groups is 3. The van der Waals surface area contributed by atoms with Crippen LogP contribution in [0.2, 0.25) is 0 Å². The Kier molecular flexibility index (Phi) is 4.92. The van der Waals surface area contributed by atoms with Crippen molar-refractivity contribution in [3.63, 3.8) is 0 Å². The van der Waals surface area contributed by atoms with Crippen LogP contribution in [-0.4, -0.2) is 40.3 Å². The van der Waals surface area contributed by atoms with Gasteiger partial charge in [0.2, 0.25) is 0 Å². The molecule has 1 saturated heterocycles.